The lowest BCUT2D eigenvalue weighted by Crippen LogP contribution is -2.32. The number of esters is 1. The van der Waals surface area contributed by atoms with Gasteiger partial charge in [-0.3, -0.25) is 4.79 Å². The summed E-state index contributed by atoms with van der Waals surface area (Å²) in [5, 5.41) is 0. The number of carbonyl (C=O) groups is 2. The predicted molar refractivity (Wildman–Crippen MR) is 159 cm³/mol. The van der Waals surface area contributed by atoms with E-state index in [4.69, 9.17) is 18.9 Å². The van der Waals surface area contributed by atoms with E-state index in [2.05, 4.69) is 12.1 Å². The number of aryl methyl sites for hydroxylation is 1. The third-order valence-corrected chi connectivity index (χ3v) is 6.91. The Morgan fingerprint density at radius 3 is 1.95 bits per heavy atom. The minimum absolute atomic E-state index is 0.141. The number of amides is 1. The van der Waals surface area contributed by atoms with Gasteiger partial charge in [-0.1, -0.05) is 72.8 Å². The number of nitrogens with zero attached hydrogens (tertiary/aromatic N) is 1. The Hall–Kier alpha value is -4.78. The first-order valence-corrected chi connectivity index (χ1v) is 13.4. The van der Waals surface area contributed by atoms with Crippen LogP contribution in [0.5, 0.6) is 17.2 Å². The van der Waals surface area contributed by atoms with Gasteiger partial charge in [0.25, 0.3) is 5.91 Å². The Kier molecular flexibility index (Phi) is 9.99. The van der Waals surface area contributed by atoms with E-state index in [1.54, 1.807) is 18.2 Å². The monoisotopic (exact) mass is 553 g/mol. The molecule has 0 aromatic heterocycles. The zero-order chi connectivity index (χ0) is 29.2. The highest BCUT2D eigenvalue weighted by atomic mass is 16.5. The molecule has 41 heavy (non-hydrogen) atoms. The molecular weight excluding hydrogens is 518 g/mol. The first-order valence-electron chi connectivity index (χ1n) is 13.4. The van der Waals surface area contributed by atoms with Crippen molar-refractivity contribution in [1.29, 1.82) is 0 Å². The first-order chi connectivity index (χ1) is 20.0. The molecular formula is C34H35NO6. The number of ether oxygens (including phenoxy) is 4. The van der Waals surface area contributed by atoms with E-state index in [9.17, 15) is 9.59 Å². The van der Waals surface area contributed by atoms with Gasteiger partial charge >= 0.3 is 5.97 Å². The molecule has 0 bridgehead atoms. The van der Waals surface area contributed by atoms with E-state index < -0.39 is 0 Å². The van der Waals surface area contributed by atoms with Gasteiger partial charge in [-0.25, -0.2) is 4.79 Å². The Balaban J connectivity index is 1.60. The summed E-state index contributed by atoms with van der Waals surface area (Å²) in [5.41, 5.74) is 4.82. The molecule has 212 valence electrons. The molecule has 0 fully saturated rings. The van der Waals surface area contributed by atoms with Gasteiger partial charge in [-0.05, 0) is 53.3 Å². The number of hydrogen-bond acceptors (Lipinski definition) is 6. The Bertz CT molecular complexity index is 1440. The van der Waals surface area contributed by atoms with Crippen LogP contribution in [0.15, 0.2) is 91.0 Å². The maximum absolute atomic E-state index is 13.9. The van der Waals surface area contributed by atoms with Gasteiger partial charge in [0.05, 0.1) is 34.0 Å². The fraction of sp³-hybridized carbons (Fsp3) is 0.235. The van der Waals surface area contributed by atoms with Crippen molar-refractivity contribution in [1.82, 2.24) is 4.90 Å². The van der Waals surface area contributed by atoms with Crippen LogP contribution in [0.4, 0.5) is 0 Å². The number of methoxy groups -OCH3 is 4. The van der Waals surface area contributed by atoms with Crippen LogP contribution in [0.2, 0.25) is 0 Å². The van der Waals surface area contributed by atoms with Crippen LogP contribution in [-0.2, 0) is 17.7 Å². The number of carbonyl (C=O) groups excluding carboxylic acids is 2. The van der Waals surface area contributed by atoms with E-state index >= 15 is 0 Å². The van der Waals surface area contributed by atoms with Crippen molar-refractivity contribution in [2.24, 2.45) is 0 Å². The molecule has 0 aliphatic rings. The second-order valence-electron chi connectivity index (χ2n) is 9.46. The number of hydrogen-bond donors (Lipinski definition) is 0. The maximum Gasteiger partial charge on any atom is 0.338 e. The third-order valence-electron chi connectivity index (χ3n) is 6.91. The van der Waals surface area contributed by atoms with Gasteiger partial charge in [-0.15, -0.1) is 0 Å². The van der Waals surface area contributed by atoms with Crippen molar-refractivity contribution < 1.29 is 28.5 Å². The highest BCUT2D eigenvalue weighted by Gasteiger charge is 2.22. The molecule has 0 unspecified atom stereocenters. The molecule has 1 amide bonds. The van der Waals surface area contributed by atoms with Crippen molar-refractivity contribution in [3.63, 3.8) is 0 Å². The minimum Gasteiger partial charge on any atom is -0.493 e. The summed E-state index contributed by atoms with van der Waals surface area (Å²) in [7, 11) is 5.97. The Morgan fingerprint density at radius 1 is 0.707 bits per heavy atom. The van der Waals surface area contributed by atoms with E-state index in [1.807, 2.05) is 65.6 Å². The van der Waals surface area contributed by atoms with E-state index in [0.29, 0.717) is 41.5 Å². The molecule has 7 heteroatoms. The third kappa shape index (κ3) is 7.06. The fourth-order valence-electron chi connectivity index (χ4n) is 4.79. The first kappa shape index (κ1) is 29.2. The largest absolute Gasteiger partial charge is 0.493 e. The summed E-state index contributed by atoms with van der Waals surface area (Å²) in [5.74, 6) is 0.758. The molecule has 4 aromatic rings. The quantitative estimate of drug-likeness (QED) is 0.188. The molecule has 0 atom stereocenters. The number of benzene rings is 4. The fourth-order valence-corrected chi connectivity index (χ4v) is 4.79. The molecule has 0 aliphatic heterocycles. The molecule has 7 nitrogen and oxygen atoms in total. The van der Waals surface area contributed by atoms with Gasteiger partial charge in [0.15, 0.2) is 11.5 Å². The average Bonchev–Trinajstić information content (AvgIpc) is 3.03. The normalized spacial score (nSPS) is 10.5. The van der Waals surface area contributed by atoms with Gasteiger partial charge in [0, 0.05) is 18.7 Å². The van der Waals surface area contributed by atoms with Crippen LogP contribution in [0.1, 0.15) is 38.3 Å². The standard InChI is InChI=1S/C34H35NO6/c1-38-30-21-27(22-31(39-2)32(30)40-3)33(36)35(20-10-13-24-11-6-5-7-12-24)23-25-16-18-26(19-17-25)28-14-8-9-15-29(28)34(37)41-4/h5-9,11-12,14-19,21-22H,10,13,20,23H2,1-4H3. The summed E-state index contributed by atoms with van der Waals surface area (Å²) in [4.78, 5) is 28.0. The maximum atomic E-state index is 13.9. The van der Waals surface area contributed by atoms with Crippen LogP contribution < -0.4 is 14.2 Å². The van der Waals surface area contributed by atoms with Crippen molar-refractivity contribution in [2.45, 2.75) is 19.4 Å². The number of rotatable bonds is 12. The molecule has 0 saturated heterocycles. The second-order valence-corrected chi connectivity index (χ2v) is 9.46. The van der Waals surface area contributed by atoms with Crippen molar-refractivity contribution >= 4 is 11.9 Å². The van der Waals surface area contributed by atoms with Gasteiger partial charge in [0.2, 0.25) is 5.75 Å². The topological polar surface area (TPSA) is 74.3 Å². The van der Waals surface area contributed by atoms with Crippen LogP contribution in [0.25, 0.3) is 11.1 Å². The zero-order valence-electron chi connectivity index (χ0n) is 23.9. The van der Waals surface area contributed by atoms with Gasteiger partial charge < -0.3 is 23.8 Å². The van der Waals surface area contributed by atoms with Gasteiger partial charge in [-0.2, -0.15) is 0 Å². The summed E-state index contributed by atoms with van der Waals surface area (Å²) < 4.78 is 21.4. The van der Waals surface area contributed by atoms with Crippen LogP contribution >= 0.6 is 0 Å². The smallest absolute Gasteiger partial charge is 0.338 e. The minimum atomic E-state index is -0.384. The molecule has 0 saturated carbocycles. The Labute approximate surface area is 241 Å². The summed E-state index contributed by atoms with van der Waals surface area (Å²) >= 11 is 0. The summed E-state index contributed by atoms with van der Waals surface area (Å²) in [6.07, 6.45) is 1.65. The molecule has 0 heterocycles. The molecule has 0 radical (unpaired) electrons. The summed E-state index contributed by atoms with van der Waals surface area (Å²) in [6.45, 7) is 0.959. The lowest BCUT2D eigenvalue weighted by atomic mass is 9.98. The zero-order valence-corrected chi connectivity index (χ0v) is 23.9. The average molecular weight is 554 g/mol. The molecule has 0 aliphatic carbocycles. The highest BCUT2D eigenvalue weighted by molar-refractivity contribution is 5.97. The Morgan fingerprint density at radius 2 is 1.34 bits per heavy atom. The van der Waals surface area contributed by atoms with Gasteiger partial charge in [0.1, 0.15) is 0 Å². The SMILES string of the molecule is COC(=O)c1ccccc1-c1ccc(CN(CCCc2ccccc2)C(=O)c2cc(OC)c(OC)c(OC)c2)cc1. The van der Waals surface area contributed by atoms with Crippen molar-refractivity contribution in [2.75, 3.05) is 35.0 Å². The van der Waals surface area contributed by atoms with Crippen LogP contribution in [0, 0.1) is 0 Å². The molecule has 4 aromatic carbocycles. The van der Waals surface area contributed by atoms with E-state index in [-0.39, 0.29) is 11.9 Å². The second kappa shape index (κ2) is 14.0. The van der Waals surface area contributed by atoms with E-state index in [1.165, 1.54) is 34.0 Å². The molecule has 4 rings (SSSR count). The van der Waals surface area contributed by atoms with Crippen molar-refractivity contribution in [3.8, 4) is 28.4 Å². The van der Waals surface area contributed by atoms with E-state index in [0.717, 1.165) is 29.5 Å². The molecule has 0 spiro atoms. The lowest BCUT2D eigenvalue weighted by molar-refractivity contribution is 0.0601. The predicted octanol–water partition coefficient (Wildman–Crippen LogP) is 6.44. The lowest BCUT2D eigenvalue weighted by Gasteiger charge is -2.24. The highest BCUT2D eigenvalue weighted by Crippen LogP contribution is 2.38. The van der Waals surface area contributed by atoms with Crippen molar-refractivity contribution in [3.05, 3.63) is 113 Å². The molecule has 0 N–H and O–H groups in total. The van der Waals surface area contributed by atoms with Crippen LogP contribution in [0.3, 0.4) is 0 Å². The summed E-state index contributed by atoms with van der Waals surface area (Å²) in [6, 6.07) is 28.8. The van der Waals surface area contributed by atoms with Crippen LogP contribution in [-0.4, -0.2) is 51.8 Å².